The normalized spacial score (nSPS) is 17.7. The molecule has 0 aliphatic carbocycles. The minimum Gasteiger partial charge on any atom is -0.466 e. The zero-order valence-corrected chi connectivity index (χ0v) is 21.7. The molecule has 0 saturated carbocycles. The number of allylic oxidation sites excluding steroid dienone is 5. The molecule has 2 rings (SSSR count). The van der Waals surface area contributed by atoms with Crippen molar-refractivity contribution >= 4 is 34.4 Å². The molecule has 1 aromatic rings. The van der Waals surface area contributed by atoms with Crippen LogP contribution >= 0.6 is 0 Å². The van der Waals surface area contributed by atoms with Crippen molar-refractivity contribution in [2.75, 3.05) is 24.0 Å². The minimum atomic E-state index is -4.69. The van der Waals surface area contributed by atoms with Crippen LogP contribution in [0.2, 0.25) is 0 Å². The molecule has 3 N–H and O–H groups in total. The highest BCUT2D eigenvalue weighted by Crippen LogP contribution is 2.38. The fourth-order valence-corrected chi connectivity index (χ4v) is 4.37. The fourth-order valence-electron chi connectivity index (χ4n) is 3.85. The molecule has 0 fully saturated rings. The van der Waals surface area contributed by atoms with E-state index in [4.69, 9.17) is 15.9 Å². The third kappa shape index (κ3) is 6.57. The molecule has 1 unspecified atom stereocenters. The maximum Gasteiger partial charge on any atom is 0.416 e. The summed E-state index contributed by atoms with van der Waals surface area (Å²) in [6, 6.07) is 3.42. The minimum absolute atomic E-state index is 0.0143. The highest BCUT2D eigenvalue weighted by atomic mass is 32.2. The number of nitrogens with zero attached hydrogens (tertiary/aromatic N) is 3. The standard InChI is InChI=1S/C25H26F3N5O4S/c1-5-16(14-29)9-10-17(11-12-38(4)36)21-20(22(34)37-3)15(2)32(23(30)33(21)24(31)35)19-8-6-7-18(13-19)25(26,27)28/h5-10,13,21,30H,1,11-12H2,2-4H3,(H2,31,35)/b16-9+,17-10+,30-23?/t21-,38?/m1/s1. The average molecular weight is 550 g/mol. The highest BCUT2D eigenvalue weighted by molar-refractivity contribution is 7.84. The smallest absolute Gasteiger partial charge is 0.416 e. The molecule has 2 amide bonds. The van der Waals surface area contributed by atoms with Gasteiger partial charge in [0.05, 0.1) is 35.9 Å². The first-order valence-corrected chi connectivity index (χ1v) is 12.7. The number of carbonyl (C=O) groups is 2. The molecule has 202 valence electrons. The van der Waals surface area contributed by atoms with E-state index in [2.05, 4.69) is 6.58 Å². The molecule has 13 heteroatoms. The van der Waals surface area contributed by atoms with Gasteiger partial charge in [-0.2, -0.15) is 18.4 Å². The van der Waals surface area contributed by atoms with Crippen molar-refractivity contribution in [1.82, 2.24) is 4.90 Å². The number of hydrogen-bond donors (Lipinski definition) is 2. The van der Waals surface area contributed by atoms with Crippen LogP contribution in [0.5, 0.6) is 0 Å². The van der Waals surface area contributed by atoms with Crippen LogP contribution in [0.25, 0.3) is 0 Å². The van der Waals surface area contributed by atoms with E-state index in [0.29, 0.717) is 0 Å². The molecule has 9 nitrogen and oxygen atoms in total. The van der Waals surface area contributed by atoms with Gasteiger partial charge in [-0.05, 0) is 43.2 Å². The third-order valence-corrected chi connectivity index (χ3v) is 6.41. The number of urea groups is 1. The van der Waals surface area contributed by atoms with Crippen LogP contribution in [0.15, 0.2) is 71.5 Å². The molecular weight excluding hydrogens is 523 g/mol. The van der Waals surface area contributed by atoms with Crippen LogP contribution in [-0.4, -0.2) is 52.2 Å². The number of carbonyl (C=O) groups excluding carboxylic acids is 2. The maximum absolute atomic E-state index is 13.4. The number of ether oxygens (including phenoxy) is 1. The lowest BCUT2D eigenvalue weighted by molar-refractivity contribution is -0.138. The Hall–Kier alpha value is -4.18. The molecule has 1 aliphatic heterocycles. The number of rotatable bonds is 8. The quantitative estimate of drug-likeness (QED) is 0.285. The fraction of sp³-hybridized carbons (Fsp3) is 0.280. The number of benzene rings is 1. The van der Waals surface area contributed by atoms with E-state index >= 15 is 0 Å². The first-order valence-electron chi connectivity index (χ1n) is 10.9. The van der Waals surface area contributed by atoms with Crippen molar-refractivity contribution in [3.63, 3.8) is 0 Å². The number of methoxy groups -OCH3 is 1. The molecule has 2 atom stereocenters. The number of amides is 2. The second kappa shape index (κ2) is 12.4. The van der Waals surface area contributed by atoms with Crippen molar-refractivity contribution in [3.8, 4) is 6.07 Å². The van der Waals surface area contributed by atoms with E-state index < -0.39 is 46.5 Å². The van der Waals surface area contributed by atoms with Gasteiger partial charge in [-0.3, -0.25) is 19.4 Å². The Bertz CT molecular complexity index is 1310. The lowest BCUT2D eigenvalue weighted by Gasteiger charge is -2.43. The summed E-state index contributed by atoms with van der Waals surface area (Å²) in [4.78, 5) is 27.5. The zero-order valence-electron chi connectivity index (χ0n) is 20.8. The van der Waals surface area contributed by atoms with Gasteiger partial charge >= 0.3 is 18.2 Å². The SMILES string of the molecule is C=C/C(C#N)=C\C=C(/CCS(C)=O)[C@@H]1C(C(=O)OC)=C(C)N(c2cccc(C(F)(F)F)c2)C(=N)N1C(N)=O. The maximum atomic E-state index is 13.4. The van der Waals surface area contributed by atoms with Gasteiger partial charge in [0.2, 0.25) is 5.96 Å². The summed E-state index contributed by atoms with van der Waals surface area (Å²) in [6.45, 7) is 4.92. The second-order valence-corrected chi connectivity index (χ2v) is 9.57. The summed E-state index contributed by atoms with van der Waals surface area (Å²) < 4.78 is 57.1. The van der Waals surface area contributed by atoms with Crippen molar-refractivity contribution < 1.29 is 31.7 Å². The van der Waals surface area contributed by atoms with Crippen molar-refractivity contribution in [2.45, 2.75) is 25.6 Å². The third-order valence-electron chi connectivity index (χ3n) is 5.63. The van der Waals surface area contributed by atoms with Gasteiger partial charge in [-0.25, -0.2) is 9.59 Å². The van der Waals surface area contributed by atoms with E-state index in [1.165, 1.54) is 37.5 Å². The van der Waals surface area contributed by atoms with Crippen molar-refractivity contribution in [2.24, 2.45) is 5.73 Å². The van der Waals surface area contributed by atoms with Crippen LogP contribution in [0.1, 0.15) is 18.9 Å². The van der Waals surface area contributed by atoms with Gasteiger partial charge in [0.1, 0.15) is 0 Å². The molecule has 0 spiro atoms. The zero-order chi connectivity index (χ0) is 28.8. The molecule has 38 heavy (non-hydrogen) atoms. The highest BCUT2D eigenvalue weighted by Gasteiger charge is 2.44. The van der Waals surface area contributed by atoms with Crippen LogP contribution < -0.4 is 10.6 Å². The van der Waals surface area contributed by atoms with E-state index in [1.54, 1.807) is 0 Å². The lowest BCUT2D eigenvalue weighted by Crippen LogP contribution is -2.59. The number of hydrogen-bond acceptors (Lipinski definition) is 6. The predicted octanol–water partition coefficient (Wildman–Crippen LogP) is 3.99. The molecule has 1 heterocycles. The van der Waals surface area contributed by atoms with Crippen molar-refractivity contribution in [3.05, 3.63) is 77.1 Å². The van der Waals surface area contributed by atoms with E-state index in [1.807, 2.05) is 6.07 Å². The molecule has 0 bridgehead atoms. The number of anilines is 1. The van der Waals surface area contributed by atoms with Gasteiger partial charge in [-0.15, -0.1) is 0 Å². The Balaban J connectivity index is 2.91. The number of nitrogens with two attached hydrogens (primary N) is 1. The number of guanidine groups is 1. The first-order chi connectivity index (χ1) is 17.8. The molecule has 0 saturated heterocycles. The number of primary amides is 1. The Labute approximate surface area is 220 Å². The summed E-state index contributed by atoms with van der Waals surface area (Å²) in [6.07, 6.45) is 0.881. The molecule has 1 aliphatic rings. The van der Waals surface area contributed by atoms with Gasteiger partial charge in [0, 0.05) is 34.2 Å². The topological polar surface area (TPSA) is 141 Å². The summed E-state index contributed by atoms with van der Waals surface area (Å²) in [5, 5.41) is 18.0. The second-order valence-electron chi connectivity index (χ2n) is 8.02. The molecule has 0 aromatic heterocycles. The molecule has 0 radical (unpaired) electrons. The average Bonchev–Trinajstić information content (AvgIpc) is 2.85. The van der Waals surface area contributed by atoms with Crippen LogP contribution in [-0.2, 0) is 26.5 Å². The van der Waals surface area contributed by atoms with Crippen molar-refractivity contribution in [1.29, 1.82) is 10.7 Å². The van der Waals surface area contributed by atoms with Gasteiger partial charge < -0.3 is 10.5 Å². The van der Waals surface area contributed by atoms with Gasteiger partial charge in [-0.1, -0.05) is 24.8 Å². The summed E-state index contributed by atoms with van der Waals surface area (Å²) in [5.74, 6) is -1.46. The Kier molecular flexibility index (Phi) is 9.78. The summed E-state index contributed by atoms with van der Waals surface area (Å²) >= 11 is 0. The van der Waals surface area contributed by atoms with Crippen LogP contribution in [0.4, 0.5) is 23.7 Å². The van der Waals surface area contributed by atoms with E-state index in [-0.39, 0.29) is 40.3 Å². The Morgan fingerprint density at radius 3 is 2.50 bits per heavy atom. The number of esters is 1. The number of nitrogens with one attached hydrogen (secondary N) is 1. The Morgan fingerprint density at radius 1 is 1.34 bits per heavy atom. The summed E-state index contributed by atoms with van der Waals surface area (Å²) in [5.41, 5.74) is 4.73. The van der Waals surface area contributed by atoms with Crippen LogP contribution in [0, 0.1) is 16.7 Å². The lowest BCUT2D eigenvalue weighted by atomic mass is 9.90. The predicted molar refractivity (Wildman–Crippen MR) is 137 cm³/mol. The monoisotopic (exact) mass is 549 g/mol. The number of halogens is 3. The van der Waals surface area contributed by atoms with Crippen LogP contribution in [0.3, 0.4) is 0 Å². The van der Waals surface area contributed by atoms with Gasteiger partial charge in [0.15, 0.2) is 0 Å². The Morgan fingerprint density at radius 2 is 2.00 bits per heavy atom. The largest absolute Gasteiger partial charge is 0.466 e. The van der Waals surface area contributed by atoms with E-state index in [0.717, 1.165) is 35.1 Å². The van der Waals surface area contributed by atoms with Gasteiger partial charge in [0.25, 0.3) is 0 Å². The number of alkyl halides is 3. The molecular formula is C25H26F3N5O4S. The van der Waals surface area contributed by atoms with E-state index in [9.17, 15) is 32.2 Å². The summed E-state index contributed by atoms with van der Waals surface area (Å²) in [7, 11) is -0.222. The molecule has 1 aromatic carbocycles. The number of nitriles is 1. The first kappa shape index (κ1) is 30.0.